The van der Waals surface area contributed by atoms with Gasteiger partial charge in [-0.3, -0.25) is 4.90 Å². The van der Waals surface area contributed by atoms with Crippen LogP contribution in [0, 0.1) is 6.92 Å². The zero-order valence-electron chi connectivity index (χ0n) is 9.63. The molecular weight excluding hydrogens is 249 g/mol. The minimum atomic E-state index is -4.12. The molecular formula is C11H15F3N2S. The minimum absolute atomic E-state index is 0.215. The van der Waals surface area contributed by atoms with Gasteiger partial charge in [-0.15, -0.1) is 11.3 Å². The molecule has 6 heteroatoms. The van der Waals surface area contributed by atoms with E-state index >= 15 is 0 Å². The summed E-state index contributed by atoms with van der Waals surface area (Å²) in [6.45, 7) is 2.70. The molecule has 1 aliphatic heterocycles. The van der Waals surface area contributed by atoms with Crippen LogP contribution in [0.4, 0.5) is 13.2 Å². The highest BCUT2D eigenvalue weighted by atomic mass is 32.1. The summed E-state index contributed by atoms with van der Waals surface area (Å²) in [7, 11) is 0. The quantitative estimate of drug-likeness (QED) is 0.814. The number of aromatic nitrogens is 1. The number of likely N-dealkylation sites (tertiary alicyclic amines) is 1. The number of nitrogens with zero attached hydrogens (tertiary/aromatic N) is 2. The van der Waals surface area contributed by atoms with E-state index in [4.69, 9.17) is 0 Å². The molecule has 0 saturated carbocycles. The number of rotatable bonds is 2. The molecule has 0 radical (unpaired) electrons. The number of hydrogen-bond donors (Lipinski definition) is 0. The summed E-state index contributed by atoms with van der Waals surface area (Å²) in [5.74, 6) is 0. The lowest BCUT2D eigenvalue weighted by Crippen LogP contribution is -2.48. The van der Waals surface area contributed by atoms with Crippen molar-refractivity contribution in [2.75, 3.05) is 6.54 Å². The number of thiazole rings is 1. The molecule has 0 bridgehead atoms. The monoisotopic (exact) mass is 264 g/mol. The number of aryl methyl sites for hydroxylation is 1. The van der Waals surface area contributed by atoms with Gasteiger partial charge in [0.1, 0.15) is 6.04 Å². The summed E-state index contributed by atoms with van der Waals surface area (Å²) in [5.41, 5.74) is 0.753. The van der Waals surface area contributed by atoms with Crippen molar-refractivity contribution in [1.29, 1.82) is 0 Å². The lowest BCUT2D eigenvalue weighted by Gasteiger charge is -2.36. The Bertz CT molecular complexity index is 375. The van der Waals surface area contributed by atoms with Gasteiger partial charge in [0, 0.05) is 11.9 Å². The van der Waals surface area contributed by atoms with Crippen molar-refractivity contribution in [2.24, 2.45) is 0 Å². The Hall–Kier alpha value is -0.620. The van der Waals surface area contributed by atoms with Crippen molar-refractivity contribution in [3.05, 3.63) is 16.1 Å². The van der Waals surface area contributed by atoms with Gasteiger partial charge in [-0.25, -0.2) is 4.98 Å². The van der Waals surface area contributed by atoms with E-state index < -0.39 is 12.2 Å². The highest BCUT2D eigenvalue weighted by Crippen LogP contribution is 2.32. The third kappa shape index (κ3) is 3.19. The SMILES string of the molecule is Cc1nc(CN2CCCC[C@H]2C(F)(F)F)cs1. The topological polar surface area (TPSA) is 16.1 Å². The van der Waals surface area contributed by atoms with E-state index in [1.54, 1.807) is 0 Å². The molecule has 1 aromatic heterocycles. The Kier molecular flexibility index (Phi) is 3.73. The maximum Gasteiger partial charge on any atom is 0.404 e. The summed E-state index contributed by atoms with van der Waals surface area (Å²) in [4.78, 5) is 5.74. The Morgan fingerprint density at radius 2 is 2.24 bits per heavy atom. The van der Waals surface area contributed by atoms with Gasteiger partial charge in [0.15, 0.2) is 0 Å². The normalized spacial score (nSPS) is 22.9. The predicted molar refractivity (Wildman–Crippen MR) is 61.0 cm³/mol. The molecule has 1 aliphatic rings. The molecule has 1 aromatic rings. The molecule has 1 atom stereocenters. The van der Waals surface area contributed by atoms with Crippen LogP contribution in [-0.4, -0.2) is 28.6 Å². The fraction of sp³-hybridized carbons (Fsp3) is 0.727. The third-order valence-corrected chi connectivity index (χ3v) is 3.85. The third-order valence-electron chi connectivity index (χ3n) is 3.02. The van der Waals surface area contributed by atoms with E-state index in [1.807, 2.05) is 12.3 Å². The highest BCUT2D eigenvalue weighted by Gasteiger charge is 2.44. The predicted octanol–water partition coefficient (Wildman–Crippen LogP) is 3.37. The van der Waals surface area contributed by atoms with Crippen molar-refractivity contribution >= 4 is 11.3 Å². The van der Waals surface area contributed by atoms with Crippen LogP contribution in [0.2, 0.25) is 0 Å². The van der Waals surface area contributed by atoms with Gasteiger partial charge in [0.2, 0.25) is 0 Å². The summed E-state index contributed by atoms with van der Waals surface area (Å²) in [5, 5.41) is 2.75. The van der Waals surface area contributed by atoms with Crippen LogP contribution < -0.4 is 0 Å². The van der Waals surface area contributed by atoms with Crippen molar-refractivity contribution in [3.8, 4) is 0 Å². The van der Waals surface area contributed by atoms with Crippen LogP contribution in [0.25, 0.3) is 0 Å². The average Bonchev–Trinajstić information content (AvgIpc) is 2.63. The van der Waals surface area contributed by atoms with Gasteiger partial charge in [0.25, 0.3) is 0 Å². The average molecular weight is 264 g/mol. The first-order valence-corrected chi connectivity index (χ1v) is 6.56. The van der Waals surface area contributed by atoms with Crippen LogP contribution in [-0.2, 0) is 6.54 Å². The molecule has 2 rings (SSSR count). The van der Waals surface area contributed by atoms with Crippen molar-refractivity contribution < 1.29 is 13.2 Å². The van der Waals surface area contributed by atoms with E-state index in [9.17, 15) is 13.2 Å². The molecule has 0 aliphatic carbocycles. The largest absolute Gasteiger partial charge is 0.404 e. The van der Waals surface area contributed by atoms with Gasteiger partial charge in [-0.1, -0.05) is 6.42 Å². The lowest BCUT2D eigenvalue weighted by molar-refractivity contribution is -0.192. The zero-order valence-corrected chi connectivity index (χ0v) is 10.4. The first-order valence-electron chi connectivity index (χ1n) is 5.68. The summed E-state index contributed by atoms with van der Waals surface area (Å²) in [6.07, 6.45) is -2.40. The van der Waals surface area contributed by atoms with Crippen LogP contribution in [0.1, 0.15) is 30.0 Å². The van der Waals surface area contributed by atoms with E-state index in [0.717, 1.165) is 17.1 Å². The second-order valence-corrected chi connectivity index (χ2v) is 5.44. The van der Waals surface area contributed by atoms with E-state index in [1.165, 1.54) is 16.2 Å². The first-order chi connectivity index (χ1) is 7.97. The van der Waals surface area contributed by atoms with Gasteiger partial charge in [-0.2, -0.15) is 13.2 Å². The van der Waals surface area contributed by atoms with E-state index in [0.29, 0.717) is 19.5 Å². The summed E-state index contributed by atoms with van der Waals surface area (Å²) < 4.78 is 38.5. The minimum Gasteiger partial charge on any atom is -0.286 e. The fourth-order valence-electron chi connectivity index (χ4n) is 2.24. The highest BCUT2D eigenvalue weighted by molar-refractivity contribution is 7.09. The van der Waals surface area contributed by atoms with Gasteiger partial charge < -0.3 is 0 Å². The van der Waals surface area contributed by atoms with Crippen LogP contribution >= 0.6 is 11.3 Å². The fourth-order valence-corrected chi connectivity index (χ4v) is 2.84. The number of alkyl halides is 3. The van der Waals surface area contributed by atoms with Crippen molar-refractivity contribution in [3.63, 3.8) is 0 Å². The van der Waals surface area contributed by atoms with Crippen molar-refractivity contribution in [1.82, 2.24) is 9.88 Å². The van der Waals surface area contributed by atoms with Gasteiger partial charge in [-0.05, 0) is 26.3 Å². The second kappa shape index (κ2) is 4.94. The van der Waals surface area contributed by atoms with Crippen molar-refractivity contribution in [2.45, 2.75) is 44.9 Å². The molecule has 0 amide bonds. The Morgan fingerprint density at radius 1 is 1.47 bits per heavy atom. The molecule has 17 heavy (non-hydrogen) atoms. The van der Waals surface area contributed by atoms with E-state index in [2.05, 4.69) is 4.98 Å². The van der Waals surface area contributed by atoms with E-state index in [-0.39, 0.29) is 6.42 Å². The van der Waals surface area contributed by atoms with Gasteiger partial charge in [0.05, 0.1) is 10.7 Å². The lowest BCUT2D eigenvalue weighted by atomic mass is 10.0. The number of piperidine rings is 1. The second-order valence-electron chi connectivity index (χ2n) is 4.38. The maximum absolute atomic E-state index is 12.8. The molecule has 2 nitrogen and oxygen atoms in total. The molecule has 96 valence electrons. The molecule has 0 unspecified atom stereocenters. The summed E-state index contributed by atoms with van der Waals surface area (Å²) >= 11 is 1.48. The number of hydrogen-bond acceptors (Lipinski definition) is 3. The Labute approximate surface area is 102 Å². The first kappa shape index (κ1) is 12.8. The van der Waals surface area contributed by atoms with Crippen LogP contribution in [0.5, 0.6) is 0 Å². The molecule has 0 N–H and O–H groups in total. The molecule has 0 spiro atoms. The Morgan fingerprint density at radius 3 is 2.82 bits per heavy atom. The Balaban J connectivity index is 2.06. The molecule has 2 heterocycles. The number of halogens is 3. The summed E-state index contributed by atoms with van der Waals surface area (Å²) in [6, 6.07) is -1.29. The maximum atomic E-state index is 12.8. The molecule has 1 fully saturated rings. The zero-order chi connectivity index (χ0) is 12.5. The van der Waals surface area contributed by atoms with Crippen LogP contribution in [0.15, 0.2) is 5.38 Å². The standard InChI is InChI=1S/C11H15F3N2S/c1-8-15-9(7-17-8)6-16-5-3-2-4-10(16)11(12,13)14/h7,10H,2-6H2,1H3/t10-/m0/s1. The molecule has 0 aromatic carbocycles. The van der Waals surface area contributed by atoms with Crippen LogP contribution in [0.3, 0.4) is 0 Å². The van der Waals surface area contributed by atoms with Gasteiger partial charge >= 0.3 is 6.18 Å². The smallest absolute Gasteiger partial charge is 0.286 e. The molecule has 1 saturated heterocycles.